The van der Waals surface area contributed by atoms with Crippen molar-refractivity contribution >= 4 is 11.8 Å². The number of carbonyl (C=O) groups is 2. The third kappa shape index (κ3) is 17.5. The number of unbranched alkanes of at least 4 members (excludes halogenated alkanes) is 3. The minimum Gasteiger partial charge on any atom is -0.395 e. The monoisotopic (exact) mass is 434 g/mol. The fraction of sp³-hybridized carbons (Fsp3) is 0.900. The van der Waals surface area contributed by atoms with Gasteiger partial charge in [0.25, 0.3) is 0 Å². The van der Waals surface area contributed by atoms with E-state index in [1.165, 1.54) is 0 Å². The summed E-state index contributed by atoms with van der Waals surface area (Å²) in [5.74, 6) is -0.0563. The molecule has 0 spiro atoms. The molecule has 2 amide bonds. The van der Waals surface area contributed by atoms with E-state index in [-0.39, 0.29) is 38.2 Å². The predicted molar refractivity (Wildman–Crippen MR) is 115 cm³/mol. The van der Waals surface area contributed by atoms with E-state index in [4.69, 9.17) is 20.4 Å². The molecule has 0 aromatic heterocycles. The molecule has 10 nitrogen and oxygen atoms in total. The van der Waals surface area contributed by atoms with Gasteiger partial charge in [0.2, 0.25) is 11.8 Å². The summed E-state index contributed by atoms with van der Waals surface area (Å²) in [4.78, 5) is 27.3. The van der Waals surface area contributed by atoms with Crippen LogP contribution in [0.5, 0.6) is 0 Å². The molecule has 0 aliphatic heterocycles. The van der Waals surface area contributed by atoms with Crippen molar-refractivity contribution < 1.29 is 30.0 Å². The van der Waals surface area contributed by atoms with E-state index in [0.29, 0.717) is 65.2 Å². The van der Waals surface area contributed by atoms with Gasteiger partial charge < -0.3 is 31.1 Å². The Morgan fingerprint density at radius 1 is 0.533 bits per heavy atom. The summed E-state index contributed by atoms with van der Waals surface area (Å²) in [6, 6.07) is 0. The molecule has 0 saturated heterocycles. The third-order valence-corrected chi connectivity index (χ3v) is 4.72. The normalized spacial score (nSPS) is 11.3. The maximum atomic E-state index is 11.8. The second-order valence-electron chi connectivity index (χ2n) is 7.19. The molecule has 0 atom stereocenters. The topological polar surface area (TPSA) is 146 Å². The van der Waals surface area contributed by atoms with Gasteiger partial charge in [-0.25, -0.2) is 0 Å². The lowest BCUT2D eigenvalue weighted by atomic mass is 10.2. The molecule has 0 heterocycles. The smallest absolute Gasteiger partial charge is 0.221 e. The lowest BCUT2D eigenvalue weighted by molar-refractivity contribution is -0.122. The number of rotatable bonds is 21. The summed E-state index contributed by atoms with van der Waals surface area (Å²) < 4.78 is 0. The molecular formula is C20H42N4O6. The molecule has 0 fully saturated rings. The van der Waals surface area contributed by atoms with E-state index < -0.39 is 0 Å². The third-order valence-electron chi connectivity index (χ3n) is 4.72. The van der Waals surface area contributed by atoms with E-state index in [1.807, 2.05) is 9.80 Å². The first kappa shape index (κ1) is 28.7. The molecule has 0 rings (SSSR count). The quantitative estimate of drug-likeness (QED) is 0.115. The molecule has 6 N–H and O–H groups in total. The van der Waals surface area contributed by atoms with Crippen LogP contribution in [0.3, 0.4) is 0 Å². The van der Waals surface area contributed by atoms with Crippen molar-refractivity contribution in [2.24, 2.45) is 0 Å². The first-order valence-corrected chi connectivity index (χ1v) is 11.0. The number of aliphatic hydroxyl groups excluding tert-OH is 4. The zero-order valence-electron chi connectivity index (χ0n) is 18.2. The van der Waals surface area contributed by atoms with Crippen molar-refractivity contribution in [1.82, 2.24) is 20.4 Å². The van der Waals surface area contributed by atoms with Gasteiger partial charge in [-0.1, -0.05) is 12.8 Å². The summed E-state index contributed by atoms with van der Waals surface area (Å²) in [6.07, 6.45) is 4.40. The van der Waals surface area contributed by atoms with E-state index >= 15 is 0 Å². The summed E-state index contributed by atoms with van der Waals surface area (Å²) in [6.45, 7) is 4.12. The Bertz CT molecular complexity index is 378. The number of hydrogen-bond donors (Lipinski definition) is 6. The van der Waals surface area contributed by atoms with Crippen LogP contribution in [0.2, 0.25) is 0 Å². The van der Waals surface area contributed by atoms with E-state index in [9.17, 15) is 9.59 Å². The Kier molecular flexibility index (Phi) is 20.0. The van der Waals surface area contributed by atoms with E-state index in [0.717, 1.165) is 25.7 Å². The molecule has 0 aliphatic carbocycles. The Hall–Kier alpha value is -1.30. The van der Waals surface area contributed by atoms with Crippen LogP contribution >= 0.6 is 0 Å². The molecule has 0 aliphatic rings. The van der Waals surface area contributed by atoms with Crippen LogP contribution in [-0.4, -0.2) is 121 Å². The number of hydrogen-bond acceptors (Lipinski definition) is 8. The van der Waals surface area contributed by atoms with Crippen molar-refractivity contribution in [3.63, 3.8) is 0 Å². The second kappa shape index (κ2) is 21.0. The van der Waals surface area contributed by atoms with Crippen LogP contribution in [0.4, 0.5) is 0 Å². The van der Waals surface area contributed by atoms with Crippen molar-refractivity contribution in [3.05, 3.63) is 0 Å². The van der Waals surface area contributed by atoms with Gasteiger partial charge in [-0.3, -0.25) is 19.4 Å². The molecule has 0 saturated carbocycles. The summed E-state index contributed by atoms with van der Waals surface area (Å²) in [5.41, 5.74) is 0. The summed E-state index contributed by atoms with van der Waals surface area (Å²) in [7, 11) is 0. The van der Waals surface area contributed by atoms with Gasteiger partial charge in [0.15, 0.2) is 0 Å². The van der Waals surface area contributed by atoms with Gasteiger partial charge in [-0.15, -0.1) is 0 Å². The van der Waals surface area contributed by atoms with Crippen LogP contribution in [0, 0.1) is 0 Å². The molecule has 30 heavy (non-hydrogen) atoms. The molecular weight excluding hydrogens is 392 g/mol. The SMILES string of the molecule is O=C(CCN(CCO)CCO)NCCCCCCNC(=O)CCN(CCO)CCO. The number of carbonyl (C=O) groups excluding carboxylic acids is 2. The lowest BCUT2D eigenvalue weighted by Crippen LogP contribution is -2.34. The van der Waals surface area contributed by atoms with E-state index in [2.05, 4.69) is 10.6 Å². The molecule has 178 valence electrons. The fourth-order valence-electron chi connectivity index (χ4n) is 2.99. The van der Waals surface area contributed by atoms with Crippen LogP contribution in [0.1, 0.15) is 38.5 Å². The Morgan fingerprint density at radius 3 is 1.17 bits per heavy atom. The largest absolute Gasteiger partial charge is 0.395 e. The van der Waals surface area contributed by atoms with Gasteiger partial charge in [0.1, 0.15) is 0 Å². The molecule has 0 aromatic rings. The van der Waals surface area contributed by atoms with Gasteiger partial charge in [0.05, 0.1) is 26.4 Å². The highest BCUT2D eigenvalue weighted by Gasteiger charge is 2.08. The second-order valence-corrected chi connectivity index (χ2v) is 7.19. The summed E-state index contributed by atoms with van der Waals surface area (Å²) in [5, 5.41) is 41.5. The number of amides is 2. The molecule has 0 bridgehead atoms. The minimum absolute atomic E-state index is 0.00788. The zero-order valence-corrected chi connectivity index (χ0v) is 18.2. The van der Waals surface area contributed by atoms with Crippen molar-refractivity contribution in [2.75, 3.05) is 78.8 Å². The van der Waals surface area contributed by atoms with Gasteiger partial charge in [-0.2, -0.15) is 0 Å². The van der Waals surface area contributed by atoms with Gasteiger partial charge >= 0.3 is 0 Å². The highest BCUT2D eigenvalue weighted by molar-refractivity contribution is 5.76. The molecule has 0 aromatic carbocycles. The molecule has 10 heteroatoms. The van der Waals surface area contributed by atoms with Crippen LogP contribution in [0.15, 0.2) is 0 Å². The first-order valence-electron chi connectivity index (χ1n) is 11.0. The molecule has 0 unspecified atom stereocenters. The van der Waals surface area contributed by atoms with Crippen LogP contribution in [0.25, 0.3) is 0 Å². The standard InChI is InChI=1S/C20H42N4O6/c25-15-11-23(12-16-26)9-5-19(29)21-7-3-1-2-4-8-22-20(30)6-10-24(13-17-27)14-18-28/h25-28H,1-18H2,(H,21,29)(H,22,30). The average Bonchev–Trinajstić information content (AvgIpc) is 2.72. The average molecular weight is 435 g/mol. The highest BCUT2D eigenvalue weighted by Crippen LogP contribution is 1.99. The van der Waals surface area contributed by atoms with Crippen molar-refractivity contribution in [2.45, 2.75) is 38.5 Å². The Morgan fingerprint density at radius 2 is 0.867 bits per heavy atom. The minimum atomic E-state index is -0.0282. The van der Waals surface area contributed by atoms with Crippen LogP contribution in [-0.2, 0) is 9.59 Å². The summed E-state index contributed by atoms with van der Waals surface area (Å²) >= 11 is 0. The lowest BCUT2D eigenvalue weighted by Gasteiger charge is -2.19. The fourth-order valence-corrected chi connectivity index (χ4v) is 2.99. The maximum absolute atomic E-state index is 11.8. The molecule has 0 radical (unpaired) electrons. The van der Waals surface area contributed by atoms with Crippen molar-refractivity contribution in [1.29, 1.82) is 0 Å². The number of aliphatic hydroxyl groups is 4. The van der Waals surface area contributed by atoms with Crippen LogP contribution < -0.4 is 10.6 Å². The van der Waals surface area contributed by atoms with Crippen molar-refractivity contribution in [3.8, 4) is 0 Å². The Balaban J connectivity index is 3.60. The van der Waals surface area contributed by atoms with Gasteiger partial charge in [0, 0.05) is 65.2 Å². The predicted octanol–water partition coefficient (Wildman–Crippen LogP) is -1.87. The highest BCUT2D eigenvalue weighted by atomic mass is 16.3. The number of nitrogens with zero attached hydrogens (tertiary/aromatic N) is 2. The zero-order chi connectivity index (χ0) is 22.5. The van der Waals surface area contributed by atoms with Gasteiger partial charge in [-0.05, 0) is 12.8 Å². The van der Waals surface area contributed by atoms with E-state index in [1.54, 1.807) is 0 Å². The number of nitrogens with one attached hydrogen (secondary N) is 2. The first-order chi connectivity index (χ1) is 14.6. The Labute approximate surface area is 180 Å². The maximum Gasteiger partial charge on any atom is 0.221 e.